The molecule has 0 saturated heterocycles. The third-order valence-corrected chi connectivity index (χ3v) is 2.48. The van der Waals surface area contributed by atoms with Crippen molar-refractivity contribution in [3.8, 4) is 5.88 Å². The van der Waals surface area contributed by atoms with Crippen molar-refractivity contribution in [1.82, 2.24) is 10.3 Å². The summed E-state index contributed by atoms with van der Waals surface area (Å²) < 4.78 is 9.65. The predicted octanol–water partition coefficient (Wildman–Crippen LogP) is 1.43. The lowest BCUT2D eigenvalue weighted by molar-refractivity contribution is -0.140. The lowest BCUT2D eigenvalue weighted by Crippen LogP contribution is -2.27. The average molecular weight is 287 g/mol. The summed E-state index contributed by atoms with van der Waals surface area (Å²) in [5.41, 5.74) is 0.0671. The van der Waals surface area contributed by atoms with E-state index in [4.69, 9.17) is 16.3 Å². The number of aromatic nitrogens is 1. The Bertz CT molecular complexity index is 465. The van der Waals surface area contributed by atoms with Gasteiger partial charge in [-0.2, -0.15) is 0 Å². The van der Waals surface area contributed by atoms with Gasteiger partial charge in [-0.3, -0.25) is 9.59 Å². The first-order valence-electron chi connectivity index (χ1n) is 5.72. The van der Waals surface area contributed by atoms with Gasteiger partial charge in [0.2, 0.25) is 5.88 Å². The molecule has 0 fully saturated rings. The van der Waals surface area contributed by atoms with Crippen molar-refractivity contribution in [3.63, 3.8) is 0 Å². The van der Waals surface area contributed by atoms with Gasteiger partial charge in [0.25, 0.3) is 5.91 Å². The van der Waals surface area contributed by atoms with Crippen molar-refractivity contribution in [2.45, 2.75) is 13.3 Å². The first kappa shape index (κ1) is 15.2. The lowest BCUT2D eigenvalue weighted by atomic mass is 10.3. The fourth-order valence-electron chi connectivity index (χ4n) is 1.28. The molecule has 19 heavy (non-hydrogen) atoms. The Balaban J connectivity index is 2.65. The number of ether oxygens (including phenoxy) is 2. The van der Waals surface area contributed by atoms with Crippen molar-refractivity contribution in [3.05, 3.63) is 22.8 Å². The molecule has 6 nitrogen and oxygen atoms in total. The number of rotatable bonds is 6. The Hall–Kier alpha value is -1.82. The molecule has 0 aromatic carbocycles. The Kier molecular flexibility index (Phi) is 6.08. The Labute approximate surface area is 116 Å². The minimum Gasteiger partial charge on any atom is -0.478 e. The van der Waals surface area contributed by atoms with Gasteiger partial charge < -0.3 is 14.8 Å². The summed E-state index contributed by atoms with van der Waals surface area (Å²) in [6.45, 7) is 2.41. The number of hydrogen-bond donors (Lipinski definition) is 1. The Morgan fingerprint density at radius 2 is 2.16 bits per heavy atom. The molecule has 1 amide bonds. The van der Waals surface area contributed by atoms with Crippen LogP contribution in [0.15, 0.2) is 12.1 Å². The maximum Gasteiger partial charge on any atom is 0.307 e. The highest BCUT2D eigenvalue weighted by Gasteiger charge is 2.13. The molecule has 1 rings (SSSR count). The van der Waals surface area contributed by atoms with Crippen molar-refractivity contribution in [2.24, 2.45) is 0 Å². The molecule has 0 bridgehead atoms. The van der Waals surface area contributed by atoms with Gasteiger partial charge >= 0.3 is 5.97 Å². The third kappa shape index (κ3) is 4.75. The van der Waals surface area contributed by atoms with Crippen LogP contribution in [0.25, 0.3) is 0 Å². The highest BCUT2D eigenvalue weighted by molar-refractivity contribution is 6.33. The first-order valence-corrected chi connectivity index (χ1v) is 6.10. The Morgan fingerprint density at radius 1 is 1.42 bits per heavy atom. The lowest BCUT2D eigenvalue weighted by Gasteiger charge is -2.07. The smallest absolute Gasteiger partial charge is 0.307 e. The van der Waals surface area contributed by atoms with Crippen LogP contribution in [-0.4, -0.2) is 37.1 Å². The molecule has 0 aliphatic heterocycles. The maximum atomic E-state index is 11.8. The molecule has 1 aromatic heterocycles. The number of nitrogens with one attached hydrogen (secondary N) is 1. The first-order chi connectivity index (χ1) is 9.08. The standard InChI is InChI=1S/C12H15ClN2O4/c1-3-19-9-5-4-8(13)11(15-9)12(17)14-7-6-10(16)18-2/h4-5H,3,6-7H2,1-2H3,(H,14,17). The van der Waals surface area contributed by atoms with Gasteiger partial charge in [-0.05, 0) is 13.0 Å². The molecule has 0 aliphatic rings. The molecular weight excluding hydrogens is 272 g/mol. The van der Waals surface area contributed by atoms with Crippen LogP contribution in [0.5, 0.6) is 5.88 Å². The van der Waals surface area contributed by atoms with Gasteiger partial charge in [-0.15, -0.1) is 0 Å². The van der Waals surface area contributed by atoms with Gasteiger partial charge in [0.15, 0.2) is 5.69 Å². The number of carbonyl (C=O) groups excluding carboxylic acids is 2. The summed E-state index contributed by atoms with van der Waals surface area (Å²) in [6.07, 6.45) is 0.0883. The maximum absolute atomic E-state index is 11.8. The van der Waals surface area contributed by atoms with Gasteiger partial charge in [-0.1, -0.05) is 11.6 Å². The Morgan fingerprint density at radius 3 is 2.79 bits per heavy atom. The van der Waals surface area contributed by atoms with Gasteiger partial charge in [0, 0.05) is 12.6 Å². The number of methoxy groups -OCH3 is 1. The molecular formula is C12H15ClN2O4. The molecule has 0 spiro atoms. The normalized spacial score (nSPS) is 9.84. The molecule has 104 valence electrons. The van der Waals surface area contributed by atoms with E-state index in [1.807, 2.05) is 6.92 Å². The third-order valence-electron chi connectivity index (χ3n) is 2.17. The SMILES string of the molecule is CCOc1ccc(Cl)c(C(=O)NCCC(=O)OC)n1. The molecule has 7 heteroatoms. The van der Waals surface area contributed by atoms with E-state index in [9.17, 15) is 9.59 Å². The van der Waals surface area contributed by atoms with E-state index in [0.717, 1.165) is 0 Å². The molecule has 1 N–H and O–H groups in total. The quantitative estimate of drug-likeness (QED) is 0.801. The highest BCUT2D eigenvalue weighted by Crippen LogP contribution is 2.17. The van der Waals surface area contributed by atoms with E-state index in [1.54, 1.807) is 6.07 Å². The van der Waals surface area contributed by atoms with Crippen LogP contribution in [0.2, 0.25) is 5.02 Å². The van der Waals surface area contributed by atoms with Crippen LogP contribution in [0.4, 0.5) is 0 Å². The molecule has 0 aliphatic carbocycles. The summed E-state index contributed by atoms with van der Waals surface area (Å²) in [5, 5.41) is 2.75. The predicted molar refractivity (Wildman–Crippen MR) is 69.4 cm³/mol. The summed E-state index contributed by atoms with van der Waals surface area (Å²) in [4.78, 5) is 26.7. The second-order valence-electron chi connectivity index (χ2n) is 3.49. The fraction of sp³-hybridized carbons (Fsp3) is 0.417. The van der Waals surface area contributed by atoms with E-state index in [1.165, 1.54) is 13.2 Å². The zero-order chi connectivity index (χ0) is 14.3. The van der Waals surface area contributed by atoms with Gasteiger partial charge in [0.05, 0.1) is 25.2 Å². The van der Waals surface area contributed by atoms with E-state index < -0.39 is 11.9 Å². The van der Waals surface area contributed by atoms with Crippen LogP contribution >= 0.6 is 11.6 Å². The number of amides is 1. The monoisotopic (exact) mass is 286 g/mol. The van der Waals surface area contributed by atoms with Crippen LogP contribution in [0.1, 0.15) is 23.8 Å². The summed E-state index contributed by atoms with van der Waals surface area (Å²) >= 11 is 5.89. The van der Waals surface area contributed by atoms with Gasteiger partial charge in [0.1, 0.15) is 0 Å². The highest BCUT2D eigenvalue weighted by atomic mass is 35.5. The summed E-state index contributed by atoms with van der Waals surface area (Å²) in [6, 6.07) is 3.12. The number of esters is 1. The molecule has 0 radical (unpaired) electrons. The zero-order valence-corrected chi connectivity index (χ0v) is 11.5. The fourth-order valence-corrected chi connectivity index (χ4v) is 1.47. The number of carbonyl (C=O) groups is 2. The van der Waals surface area contributed by atoms with Crippen molar-refractivity contribution in [1.29, 1.82) is 0 Å². The van der Waals surface area contributed by atoms with Crippen LogP contribution in [-0.2, 0) is 9.53 Å². The van der Waals surface area contributed by atoms with Crippen molar-refractivity contribution < 1.29 is 19.1 Å². The van der Waals surface area contributed by atoms with E-state index >= 15 is 0 Å². The zero-order valence-electron chi connectivity index (χ0n) is 10.7. The van der Waals surface area contributed by atoms with E-state index in [2.05, 4.69) is 15.0 Å². The summed E-state index contributed by atoms with van der Waals surface area (Å²) in [7, 11) is 1.29. The average Bonchev–Trinajstić information content (AvgIpc) is 2.40. The van der Waals surface area contributed by atoms with Crippen LogP contribution < -0.4 is 10.1 Å². The number of halogens is 1. The topological polar surface area (TPSA) is 77.5 Å². The summed E-state index contributed by atoms with van der Waals surface area (Å²) in [5.74, 6) is -0.539. The number of pyridine rings is 1. The minimum atomic E-state index is -0.463. The van der Waals surface area contributed by atoms with Crippen LogP contribution in [0.3, 0.4) is 0 Å². The van der Waals surface area contributed by atoms with E-state index in [0.29, 0.717) is 12.5 Å². The van der Waals surface area contributed by atoms with Gasteiger partial charge in [-0.25, -0.2) is 4.98 Å². The minimum absolute atomic E-state index is 0.0671. The van der Waals surface area contributed by atoms with Crippen LogP contribution in [0, 0.1) is 0 Å². The molecule has 0 unspecified atom stereocenters. The molecule has 0 saturated carbocycles. The molecule has 1 aromatic rings. The second kappa shape index (κ2) is 7.58. The van der Waals surface area contributed by atoms with Crippen molar-refractivity contribution >= 4 is 23.5 Å². The molecule has 0 atom stereocenters. The molecule has 1 heterocycles. The van der Waals surface area contributed by atoms with Crippen molar-refractivity contribution in [2.75, 3.05) is 20.3 Å². The largest absolute Gasteiger partial charge is 0.478 e. The second-order valence-corrected chi connectivity index (χ2v) is 3.90. The van der Waals surface area contributed by atoms with E-state index in [-0.39, 0.29) is 23.7 Å². The number of hydrogen-bond acceptors (Lipinski definition) is 5. The number of nitrogens with zero attached hydrogens (tertiary/aromatic N) is 1.